The second-order valence-electron chi connectivity index (χ2n) is 6.53. The van der Waals surface area contributed by atoms with E-state index < -0.39 is 29.2 Å². The number of hydrogen-bond acceptors (Lipinski definition) is 2. The predicted octanol–water partition coefficient (Wildman–Crippen LogP) is 6.35. The molecule has 3 aromatic carbocycles. The number of carbonyl (C=O) groups excluding carboxylic acids is 1. The zero-order chi connectivity index (χ0) is 20.3. The maximum absolute atomic E-state index is 14.2. The van der Waals surface area contributed by atoms with Crippen LogP contribution >= 0.6 is 0 Å². The highest BCUT2D eigenvalue weighted by Gasteiger charge is 2.17. The lowest BCUT2D eigenvalue weighted by Gasteiger charge is -2.09. The van der Waals surface area contributed by atoms with Gasteiger partial charge in [-0.3, -0.25) is 0 Å². The quantitative estimate of drug-likeness (QED) is 0.161. The molecule has 0 aliphatic rings. The largest absolute Gasteiger partial charge is 0.420 e. The number of rotatable bonds is 6. The van der Waals surface area contributed by atoms with Gasteiger partial charge in [-0.25, -0.2) is 22.4 Å². The monoisotopic (exact) mass is 390 g/mol. The number of esters is 1. The maximum atomic E-state index is 14.2. The third kappa shape index (κ3) is 4.16. The van der Waals surface area contributed by atoms with E-state index in [1.807, 2.05) is 0 Å². The van der Waals surface area contributed by atoms with E-state index in [1.54, 1.807) is 6.07 Å². The minimum absolute atomic E-state index is 0.00223. The molecule has 6 heteroatoms. The predicted molar refractivity (Wildman–Crippen MR) is 98.4 cm³/mol. The SMILES string of the molecule is CCCCCc1ccc(OC(=O)c2ccc3c(F)c(F)c(F)cc3c2)c(F)c1. The topological polar surface area (TPSA) is 26.3 Å². The van der Waals surface area contributed by atoms with Crippen molar-refractivity contribution >= 4 is 16.7 Å². The van der Waals surface area contributed by atoms with Gasteiger partial charge in [0.2, 0.25) is 0 Å². The van der Waals surface area contributed by atoms with Crippen LogP contribution in [0, 0.1) is 23.3 Å². The molecule has 0 atom stereocenters. The molecule has 0 bridgehead atoms. The van der Waals surface area contributed by atoms with Crippen LogP contribution in [0.25, 0.3) is 10.8 Å². The minimum Gasteiger partial charge on any atom is -0.420 e. The molecule has 0 aliphatic carbocycles. The van der Waals surface area contributed by atoms with Crippen molar-refractivity contribution in [3.8, 4) is 5.75 Å². The van der Waals surface area contributed by atoms with Gasteiger partial charge < -0.3 is 4.74 Å². The summed E-state index contributed by atoms with van der Waals surface area (Å²) in [6.45, 7) is 2.08. The average molecular weight is 390 g/mol. The molecule has 0 N–H and O–H groups in total. The van der Waals surface area contributed by atoms with Crippen molar-refractivity contribution in [3.05, 3.63) is 76.9 Å². The molecule has 0 aromatic heterocycles. The standard InChI is InChI=1S/C22H18F4O2/c1-2-3-4-5-13-6-9-19(17(23)10-13)28-22(27)14-7-8-16-15(11-14)12-18(24)21(26)20(16)25/h6-12H,2-5H2,1H3. The molecule has 0 radical (unpaired) electrons. The highest BCUT2D eigenvalue weighted by molar-refractivity contribution is 5.96. The normalized spacial score (nSPS) is 11.0. The summed E-state index contributed by atoms with van der Waals surface area (Å²) in [5, 5.41) is -0.171. The minimum atomic E-state index is -1.58. The van der Waals surface area contributed by atoms with Crippen molar-refractivity contribution < 1.29 is 27.1 Å². The Morgan fingerprint density at radius 2 is 1.68 bits per heavy atom. The Balaban J connectivity index is 1.80. The van der Waals surface area contributed by atoms with Gasteiger partial charge in [-0.15, -0.1) is 0 Å². The highest BCUT2D eigenvalue weighted by atomic mass is 19.2. The van der Waals surface area contributed by atoms with E-state index >= 15 is 0 Å². The summed E-state index contributed by atoms with van der Waals surface area (Å²) in [7, 11) is 0. The summed E-state index contributed by atoms with van der Waals surface area (Å²) in [6.07, 6.45) is 3.78. The van der Waals surface area contributed by atoms with Crippen LogP contribution in [0.15, 0.2) is 42.5 Å². The van der Waals surface area contributed by atoms with Gasteiger partial charge in [0.25, 0.3) is 0 Å². The number of carbonyl (C=O) groups is 1. The molecule has 0 amide bonds. The van der Waals surface area contributed by atoms with Crippen molar-refractivity contribution in [2.24, 2.45) is 0 Å². The first kappa shape index (κ1) is 19.9. The molecular weight excluding hydrogens is 372 g/mol. The smallest absolute Gasteiger partial charge is 0.343 e. The van der Waals surface area contributed by atoms with E-state index in [0.29, 0.717) is 0 Å². The highest BCUT2D eigenvalue weighted by Crippen LogP contribution is 2.25. The molecule has 0 aliphatic heterocycles. The first-order valence-electron chi connectivity index (χ1n) is 8.98. The van der Waals surface area contributed by atoms with Crippen LogP contribution in [0.2, 0.25) is 0 Å². The van der Waals surface area contributed by atoms with E-state index in [4.69, 9.17) is 4.74 Å². The summed E-state index contributed by atoms with van der Waals surface area (Å²) in [6, 6.07) is 8.71. The number of halogens is 4. The Labute approximate surface area is 159 Å². The van der Waals surface area contributed by atoms with E-state index in [0.717, 1.165) is 43.4 Å². The van der Waals surface area contributed by atoms with Crippen molar-refractivity contribution in [2.45, 2.75) is 32.6 Å². The molecule has 146 valence electrons. The fourth-order valence-corrected chi connectivity index (χ4v) is 2.95. The van der Waals surface area contributed by atoms with Crippen molar-refractivity contribution in [1.82, 2.24) is 0 Å². The molecule has 0 fully saturated rings. The van der Waals surface area contributed by atoms with Crippen LogP contribution < -0.4 is 4.74 Å². The van der Waals surface area contributed by atoms with Crippen LogP contribution in [-0.4, -0.2) is 5.97 Å². The molecule has 0 spiro atoms. The maximum Gasteiger partial charge on any atom is 0.343 e. The zero-order valence-electron chi connectivity index (χ0n) is 15.2. The first-order valence-corrected chi connectivity index (χ1v) is 8.98. The van der Waals surface area contributed by atoms with E-state index in [-0.39, 0.29) is 22.1 Å². The van der Waals surface area contributed by atoms with Crippen LogP contribution in [0.1, 0.15) is 42.1 Å². The summed E-state index contributed by atoms with van der Waals surface area (Å²) in [5.41, 5.74) is 0.772. The summed E-state index contributed by atoms with van der Waals surface area (Å²) < 4.78 is 59.8. The number of unbranched alkanes of at least 4 members (excludes halogenated alkanes) is 2. The molecule has 28 heavy (non-hydrogen) atoms. The lowest BCUT2D eigenvalue weighted by molar-refractivity contribution is 0.0728. The van der Waals surface area contributed by atoms with Gasteiger partial charge in [-0.2, -0.15) is 0 Å². The molecule has 0 unspecified atom stereocenters. The fraction of sp³-hybridized carbons (Fsp3) is 0.227. The fourth-order valence-electron chi connectivity index (χ4n) is 2.95. The summed E-state index contributed by atoms with van der Waals surface area (Å²) in [5.74, 6) is -6.06. The average Bonchev–Trinajstić information content (AvgIpc) is 2.68. The molecule has 2 nitrogen and oxygen atoms in total. The Kier molecular flexibility index (Phi) is 5.97. The van der Waals surface area contributed by atoms with Gasteiger partial charge in [0.05, 0.1) is 5.56 Å². The lowest BCUT2D eigenvalue weighted by atomic mass is 10.1. The number of ether oxygens (including phenoxy) is 1. The third-order valence-electron chi connectivity index (χ3n) is 4.48. The first-order chi connectivity index (χ1) is 13.4. The number of hydrogen-bond donors (Lipinski definition) is 0. The molecule has 3 rings (SSSR count). The van der Waals surface area contributed by atoms with Gasteiger partial charge in [0, 0.05) is 5.39 Å². The van der Waals surface area contributed by atoms with Gasteiger partial charge in [0.15, 0.2) is 29.0 Å². The van der Waals surface area contributed by atoms with Crippen molar-refractivity contribution in [2.75, 3.05) is 0 Å². The molecule has 0 saturated carbocycles. The molecule has 3 aromatic rings. The van der Waals surface area contributed by atoms with Gasteiger partial charge in [-0.1, -0.05) is 31.9 Å². The lowest BCUT2D eigenvalue weighted by Crippen LogP contribution is -2.10. The van der Waals surface area contributed by atoms with Crippen LogP contribution in [0.4, 0.5) is 17.6 Å². The van der Waals surface area contributed by atoms with E-state index in [9.17, 15) is 22.4 Å². The molecule has 0 saturated heterocycles. The van der Waals surface area contributed by atoms with Crippen LogP contribution in [0.3, 0.4) is 0 Å². The number of benzene rings is 3. The van der Waals surface area contributed by atoms with Gasteiger partial charge in [-0.05, 0) is 54.1 Å². The number of aryl methyl sites for hydroxylation is 1. The van der Waals surface area contributed by atoms with E-state index in [2.05, 4.69) is 6.92 Å². The van der Waals surface area contributed by atoms with Crippen molar-refractivity contribution in [3.63, 3.8) is 0 Å². The second kappa shape index (κ2) is 8.42. The summed E-state index contributed by atoms with van der Waals surface area (Å²) >= 11 is 0. The molecule has 0 heterocycles. The Hall–Kier alpha value is -2.89. The summed E-state index contributed by atoms with van der Waals surface area (Å²) in [4.78, 5) is 12.3. The zero-order valence-corrected chi connectivity index (χ0v) is 15.2. The Morgan fingerprint density at radius 3 is 2.39 bits per heavy atom. The van der Waals surface area contributed by atoms with Gasteiger partial charge in [0.1, 0.15) is 0 Å². The third-order valence-corrected chi connectivity index (χ3v) is 4.48. The second-order valence-corrected chi connectivity index (χ2v) is 6.53. The van der Waals surface area contributed by atoms with Crippen molar-refractivity contribution in [1.29, 1.82) is 0 Å². The van der Waals surface area contributed by atoms with Crippen LogP contribution in [0.5, 0.6) is 5.75 Å². The Bertz CT molecular complexity index is 1030. The number of fused-ring (bicyclic) bond motifs is 1. The van der Waals surface area contributed by atoms with Crippen LogP contribution in [-0.2, 0) is 6.42 Å². The van der Waals surface area contributed by atoms with Gasteiger partial charge >= 0.3 is 5.97 Å². The van der Waals surface area contributed by atoms with E-state index in [1.165, 1.54) is 24.3 Å². The molecular formula is C22H18F4O2. The Morgan fingerprint density at radius 1 is 0.893 bits per heavy atom.